The van der Waals surface area contributed by atoms with Crippen LogP contribution >= 0.6 is 0 Å². The third kappa shape index (κ3) is 7.84. The number of anilines is 2. The summed E-state index contributed by atoms with van der Waals surface area (Å²) in [7, 11) is 0. The van der Waals surface area contributed by atoms with Crippen LogP contribution in [0.2, 0.25) is 0 Å². The number of ether oxygens (including phenoxy) is 2. The van der Waals surface area contributed by atoms with Crippen LogP contribution in [-0.4, -0.2) is 22.6 Å². The van der Waals surface area contributed by atoms with Gasteiger partial charge >= 0.3 is 5.97 Å². The zero-order chi connectivity index (χ0) is 23.5. The molecule has 0 aliphatic carbocycles. The summed E-state index contributed by atoms with van der Waals surface area (Å²) < 4.78 is 11.5. The Hall–Kier alpha value is -4.07. The van der Waals surface area contributed by atoms with E-state index >= 15 is 0 Å². The van der Waals surface area contributed by atoms with E-state index in [0.29, 0.717) is 48.9 Å². The number of nitro groups is 1. The number of hydrogen-bond donors (Lipinski definition) is 2. The Morgan fingerprint density at radius 2 is 1.70 bits per heavy atom. The van der Waals surface area contributed by atoms with Crippen molar-refractivity contribution in [1.82, 2.24) is 0 Å². The Kier molecular flexibility index (Phi) is 8.64. The number of unbranched alkanes of at least 4 members (excludes halogenated alkanes) is 2. The second kappa shape index (κ2) is 12.1. The molecule has 3 aromatic carbocycles. The number of carboxylic acid groups (broad SMARTS) is 1. The predicted octanol–water partition coefficient (Wildman–Crippen LogP) is 5.94. The highest BCUT2D eigenvalue weighted by molar-refractivity contribution is 5.71. The van der Waals surface area contributed by atoms with Crippen molar-refractivity contribution in [3.05, 3.63) is 88.5 Å². The number of carbonyl (C=O) groups is 1. The van der Waals surface area contributed by atoms with Gasteiger partial charge in [-0.25, -0.2) is 0 Å². The topological polar surface area (TPSA) is 111 Å². The lowest BCUT2D eigenvalue weighted by molar-refractivity contribution is -0.383. The largest absolute Gasteiger partial charge is 0.494 e. The monoisotopic (exact) mass is 450 g/mol. The maximum Gasteiger partial charge on any atom is 0.303 e. The highest BCUT2D eigenvalue weighted by atomic mass is 16.6. The first-order valence-corrected chi connectivity index (χ1v) is 10.7. The Balaban J connectivity index is 1.63. The molecule has 3 aromatic rings. The van der Waals surface area contributed by atoms with Crippen molar-refractivity contribution in [1.29, 1.82) is 0 Å². The van der Waals surface area contributed by atoms with Crippen molar-refractivity contribution in [2.45, 2.75) is 32.3 Å². The molecule has 0 saturated carbocycles. The Bertz CT molecular complexity index is 1070. The summed E-state index contributed by atoms with van der Waals surface area (Å²) in [5.74, 6) is 0.328. The molecule has 0 aliphatic rings. The minimum absolute atomic E-state index is 0.0700. The minimum Gasteiger partial charge on any atom is -0.494 e. The lowest BCUT2D eigenvalue weighted by atomic mass is 10.2. The molecule has 0 atom stereocenters. The molecule has 3 rings (SSSR count). The third-order valence-corrected chi connectivity index (χ3v) is 4.83. The number of nitro benzene ring substituents is 1. The summed E-state index contributed by atoms with van der Waals surface area (Å²) in [5.41, 5.74) is 1.93. The molecular weight excluding hydrogens is 424 g/mol. The molecule has 33 heavy (non-hydrogen) atoms. The van der Waals surface area contributed by atoms with Crippen LogP contribution in [0.1, 0.15) is 31.2 Å². The second-order valence-electron chi connectivity index (χ2n) is 7.42. The number of nitrogens with one attached hydrogen (secondary N) is 1. The third-order valence-electron chi connectivity index (χ3n) is 4.83. The van der Waals surface area contributed by atoms with Crippen molar-refractivity contribution >= 4 is 23.0 Å². The Morgan fingerprint density at radius 3 is 2.45 bits per heavy atom. The van der Waals surface area contributed by atoms with Gasteiger partial charge in [0.2, 0.25) is 0 Å². The molecule has 8 heteroatoms. The normalized spacial score (nSPS) is 10.4. The highest BCUT2D eigenvalue weighted by Crippen LogP contribution is 2.32. The van der Waals surface area contributed by atoms with Crippen LogP contribution in [0.4, 0.5) is 17.1 Å². The molecule has 0 spiro atoms. The van der Waals surface area contributed by atoms with E-state index in [2.05, 4.69) is 5.32 Å². The van der Waals surface area contributed by atoms with E-state index in [1.54, 1.807) is 24.3 Å². The van der Waals surface area contributed by atoms with Gasteiger partial charge in [-0.05, 0) is 43.0 Å². The van der Waals surface area contributed by atoms with Gasteiger partial charge in [-0.2, -0.15) is 0 Å². The summed E-state index contributed by atoms with van der Waals surface area (Å²) in [6.07, 6.45) is 2.17. The molecule has 0 fully saturated rings. The van der Waals surface area contributed by atoms with Gasteiger partial charge in [0.25, 0.3) is 5.69 Å². The first-order valence-electron chi connectivity index (χ1n) is 10.7. The smallest absolute Gasteiger partial charge is 0.303 e. The highest BCUT2D eigenvalue weighted by Gasteiger charge is 2.15. The van der Waals surface area contributed by atoms with Crippen LogP contribution in [-0.2, 0) is 11.4 Å². The number of aliphatic carboxylic acids is 1. The molecule has 0 radical (unpaired) electrons. The number of rotatable bonds is 13. The average Bonchev–Trinajstić information content (AvgIpc) is 2.81. The molecular formula is C25H26N2O6. The number of hydrogen-bond acceptors (Lipinski definition) is 6. The molecule has 172 valence electrons. The van der Waals surface area contributed by atoms with Gasteiger partial charge in [0, 0.05) is 30.3 Å². The SMILES string of the molecule is O=C(O)CCCCCOc1ccc([N+](=O)[O-])c(Nc2cccc(OCc3ccccc3)c2)c1. The number of carboxylic acids is 1. The molecule has 0 aliphatic heterocycles. The van der Waals surface area contributed by atoms with Crippen LogP contribution in [0, 0.1) is 10.1 Å². The summed E-state index contributed by atoms with van der Waals surface area (Å²) in [5, 5.41) is 23.2. The zero-order valence-corrected chi connectivity index (χ0v) is 18.1. The second-order valence-corrected chi connectivity index (χ2v) is 7.42. The van der Waals surface area contributed by atoms with E-state index in [1.807, 2.05) is 42.5 Å². The first-order chi connectivity index (χ1) is 16.0. The summed E-state index contributed by atoms with van der Waals surface area (Å²) in [4.78, 5) is 21.6. The minimum atomic E-state index is -0.809. The van der Waals surface area contributed by atoms with E-state index < -0.39 is 10.9 Å². The first kappa shape index (κ1) is 23.6. The van der Waals surface area contributed by atoms with E-state index in [1.165, 1.54) is 6.07 Å². The van der Waals surface area contributed by atoms with E-state index in [-0.39, 0.29) is 12.1 Å². The lowest BCUT2D eigenvalue weighted by Crippen LogP contribution is -2.02. The fourth-order valence-corrected chi connectivity index (χ4v) is 3.17. The van der Waals surface area contributed by atoms with Crippen LogP contribution in [0.5, 0.6) is 11.5 Å². The Morgan fingerprint density at radius 1 is 0.909 bits per heavy atom. The van der Waals surface area contributed by atoms with Gasteiger partial charge in [0.05, 0.1) is 11.5 Å². The molecule has 2 N–H and O–H groups in total. The molecule has 0 saturated heterocycles. The summed E-state index contributed by atoms with van der Waals surface area (Å²) in [6, 6.07) is 21.5. The van der Waals surface area contributed by atoms with Gasteiger partial charge in [0.15, 0.2) is 0 Å². The molecule has 0 unspecified atom stereocenters. The fourth-order valence-electron chi connectivity index (χ4n) is 3.17. The van der Waals surface area contributed by atoms with Gasteiger partial charge < -0.3 is 19.9 Å². The van der Waals surface area contributed by atoms with Gasteiger partial charge in [0.1, 0.15) is 23.8 Å². The number of benzene rings is 3. The molecule has 0 amide bonds. The lowest BCUT2D eigenvalue weighted by Gasteiger charge is -2.12. The summed E-state index contributed by atoms with van der Waals surface area (Å²) in [6.45, 7) is 0.819. The summed E-state index contributed by atoms with van der Waals surface area (Å²) >= 11 is 0. The van der Waals surface area contributed by atoms with Crippen LogP contribution in [0.25, 0.3) is 0 Å². The van der Waals surface area contributed by atoms with Crippen molar-refractivity contribution in [2.75, 3.05) is 11.9 Å². The van der Waals surface area contributed by atoms with Crippen molar-refractivity contribution in [3.8, 4) is 11.5 Å². The van der Waals surface area contributed by atoms with Gasteiger partial charge in [-0.1, -0.05) is 36.4 Å². The maximum atomic E-state index is 11.5. The zero-order valence-electron chi connectivity index (χ0n) is 18.1. The fraction of sp³-hybridized carbons (Fsp3) is 0.240. The van der Waals surface area contributed by atoms with E-state index in [0.717, 1.165) is 12.0 Å². The molecule has 8 nitrogen and oxygen atoms in total. The molecule has 0 heterocycles. The quantitative estimate of drug-likeness (QED) is 0.188. The van der Waals surface area contributed by atoms with Crippen LogP contribution in [0.3, 0.4) is 0 Å². The van der Waals surface area contributed by atoms with E-state index in [4.69, 9.17) is 14.6 Å². The maximum absolute atomic E-state index is 11.5. The van der Waals surface area contributed by atoms with Crippen molar-refractivity contribution in [3.63, 3.8) is 0 Å². The standard InChI is InChI=1S/C25H26N2O6/c28-25(29)12-5-2-6-15-32-22-13-14-24(27(30)31)23(17-22)26-20-10-7-11-21(16-20)33-18-19-8-3-1-4-9-19/h1,3-4,7-11,13-14,16-17,26H,2,5-6,12,15,18H2,(H,28,29). The van der Waals surface area contributed by atoms with Gasteiger partial charge in [-0.3, -0.25) is 14.9 Å². The molecule has 0 aromatic heterocycles. The van der Waals surface area contributed by atoms with Crippen LogP contribution in [0.15, 0.2) is 72.8 Å². The van der Waals surface area contributed by atoms with Crippen LogP contribution < -0.4 is 14.8 Å². The van der Waals surface area contributed by atoms with Crippen molar-refractivity contribution in [2.24, 2.45) is 0 Å². The molecule has 0 bridgehead atoms. The van der Waals surface area contributed by atoms with Crippen molar-refractivity contribution < 1.29 is 24.3 Å². The van der Waals surface area contributed by atoms with Gasteiger partial charge in [-0.15, -0.1) is 0 Å². The average molecular weight is 450 g/mol. The Labute approximate surface area is 191 Å². The predicted molar refractivity (Wildman–Crippen MR) is 125 cm³/mol. The van der Waals surface area contributed by atoms with E-state index in [9.17, 15) is 14.9 Å². The number of nitrogens with zero attached hydrogens (tertiary/aromatic N) is 1.